The van der Waals surface area contributed by atoms with Crippen molar-refractivity contribution in [1.29, 1.82) is 0 Å². The second-order valence-corrected chi connectivity index (χ2v) is 4.27. The molecule has 0 aliphatic rings. The molecule has 0 atom stereocenters. The van der Waals surface area contributed by atoms with Crippen molar-refractivity contribution in [2.45, 2.75) is 6.54 Å². The van der Waals surface area contributed by atoms with Gasteiger partial charge < -0.3 is 24.7 Å². The largest absolute Gasteiger partial charge is 0.497 e. The summed E-state index contributed by atoms with van der Waals surface area (Å²) >= 11 is 0. The van der Waals surface area contributed by atoms with Gasteiger partial charge in [-0.3, -0.25) is 0 Å². The van der Waals surface area contributed by atoms with Crippen molar-refractivity contribution in [3.8, 4) is 28.7 Å². The fourth-order valence-electron chi connectivity index (χ4n) is 1.95. The lowest BCUT2D eigenvalue weighted by Gasteiger charge is -2.16. The van der Waals surface area contributed by atoms with E-state index in [1.165, 1.54) is 0 Å². The van der Waals surface area contributed by atoms with Gasteiger partial charge in [0.25, 0.3) is 0 Å². The molecule has 0 radical (unpaired) electrons. The highest BCUT2D eigenvalue weighted by Crippen LogP contribution is 2.41. The van der Waals surface area contributed by atoms with Crippen molar-refractivity contribution < 1.29 is 18.9 Å². The first kappa shape index (κ1) is 15.0. The molecule has 5 heteroatoms. The predicted octanol–water partition coefficient (Wildman–Crippen LogP) is 2.96. The second-order valence-electron chi connectivity index (χ2n) is 4.27. The van der Waals surface area contributed by atoms with E-state index in [4.69, 9.17) is 24.7 Å². The molecule has 2 aromatic carbocycles. The van der Waals surface area contributed by atoms with Gasteiger partial charge in [0.1, 0.15) is 11.5 Å². The third-order valence-electron chi connectivity index (χ3n) is 3.09. The van der Waals surface area contributed by atoms with Gasteiger partial charge >= 0.3 is 0 Å². The zero-order valence-corrected chi connectivity index (χ0v) is 12.4. The van der Waals surface area contributed by atoms with Crippen LogP contribution in [0.1, 0.15) is 5.56 Å². The van der Waals surface area contributed by atoms with Crippen molar-refractivity contribution in [3.63, 3.8) is 0 Å². The van der Waals surface area contributed by atoms with Gasteiger partial charge in [-0.05, 0) is 18.2 Å². The molecule has 0 spiro atoms. The van der Waals surface area contributed by atoms with Gasteiger partial charge in [0.2, 0.25) is 5.75 Å². The highest BCUT2D eigenvalue weighted by molar-refractivity contribution is 5.54. The maximum Gasteiger partial charge on any atom is 0.211 e. The maximum atomic E-state index is 5.98. The molecule has 0 heterocycles. The minimum Gasteiger partial charge on any atom is -0.497 e. The van der Waals surface area contributed by atoms with Crippen molar-refractivity contribution in [1.82, 2.24) is 0 Å². The summed E-state index contributed by atoms with van der Waals surface area (Å²) in [6.07, 6.45) is 0. The molecule has 21 heavy (non-hydrogen) atoms. The number of benzene rings is 2. The number of rotatable bonds is 6. The third kappa shape index (κ3) is 3.20. The lowest BCUT2D eigenvalue weighted by Crippen LogP contribution is -2.01. The molecular weight excluding hydrogens is 270 g/mol. The second kappa shape index (κ2) is 6.85. The van der Waals surface area contributed by atoms with E-state index in [9.17, 15) is 0 Å². The fraction of sp³-hybridized carbons (Fsp3) is 0.250. The zero-order valence-electron chi connectivity index (χ0n) is 12.4. The molecule has 0 amide bonds. The van der Waals surface area contributed by atoms with E-state index in [1.807, 2.05) is 18.2 Å². The molecule has 0 saturated carbocycles. The minimum absolute atomic E-state index is 0.358. The molecule has 0 unspecified atom stereocenters. The predicted molar refractivity (Wildman–Crippen MR) is 80.5 cm³/mol. The molecule has 0 saturated heterocycles. The average Bonchev–Trinajstić information content (AvgIpc) is 2.54. The molecular formula is C16H19NO4. The molecule has 0 fully saturated rings. The zero-order chi connectivity index (χ0) is 15.2. The van der Waals surface area contributed by atoms with Crippen LogP contribution in [0.15, 0.2) is 36.4 Å². The van der Waals surface area contributed by atoms with Gasteiger partial charge in [-0.1, -0.05) is 12.1 Å². The lowest BCUT2D eigenvalue weighted by molar-refractivity contribution is 0.343. The van der Waals surface area contributed by atoms with E-state index in [0.717, 1.165) is 5.56 Å². The van der Waals surface area contributed by atoms with E-state index in [1.54, 1.807) is 39.5 Å². The van der Waals surface area contributed by atoms with Gasteiger partial charge in [0.05, 0.1) is 21.3 Å². The standard InChI is InChI=1S/C16H19NO4/c1-18-12-8-7-11(10-17)15(9-12)21-16-13(19-2)5-4-6-14(16)20-3/h4-9H,10,17H2,1-3H3. The fourth-order valence-corrected chi connectivity index (χ4v) is 1.95. The van der Waals surface area contributed by atoms with Gasteiger partial charge in [-0.2, -0.15) is 0 Å². The summed E-state index contributed by atoms with van der Waals surface area (Å²) in [5, 5.41) is 0. The Bertz CT molecular complexity index is 591. The number of hydrogen-bond acceptors (Lipinski definition) is 5. The van der Waals surface area contributed by atoms with E-state index >= 15 is 0 Å². The Kier molecular flexibility index (Phi) is 4.90. The summed E-state index contributed by atoms with van der Waals surface area (Å²) in [6, 6.07) is 10.9. The summed E-state index contributed by atoms with van der Waals surface area (Å²) in [5.74, 6) is 2.97. The summed E-state index contributed by atoms with van der Waals surface area (Å²) in [5.41, 5.74) is 6.62. The molecule has 0 aliphatic carbocycles. The summed E-state index contributed by atoms with van der Waals surface area (Å²) < 4.78 is 21.8. The van der Waals surface area contributed by atoms with Crippen LogP contribution < -0.4 is 24.7 Å². The van der Waals surface area contributed by atoms with Gasteiger partial charge in [0, 0.05) is 18.2 Å². The Morgan fingerprint density at radius 3 is 2.05 bits per heavy atom. The summed E-state index contributed by atoms with van der Waals surface area (Å²) in [6.45, 7) is 0.358. The van der Waals surface area contributed by atoms with Crippen LogP contribution in [0.2, 0.25) is 0 Å². The molecule has 0 aliphatic heterocycles. The number of methoxy groups -OCH3 is 3. The Labute approximate surface area is 124 Å². The maximum absolute atomic E-state index is 5.98. The van der Waals surface area contributed by atoms with E-state index in [2.05, 4.69) is 0 Å². The molecule has 2 aromatic rings. The Morgan fingerprint density at radius 2 is 1.52 bits per heavy atom. The van der Waals surface area contributed by atoms with Crippen molar-refractivity contribution >= 4 is 0 Å². The Hall–Kier alpha value is -2.40. The Balaban J connectivity index is 2.46. The third-order valence-corrected chi connectivity index (χ3v) is 3.09. The molecule has 112 valence electrons. The van der Waals surface area contributed by atoms with Crippen LogP contribution in [0, 0.1) is 0 Å². The Morgan fingerprint density at radius 1 is 0.857 bits per heavy atom. The van der Waals surface area contributed by atoms with Crippen LogP contribution in [0.4, 0.5) is 0 Å². The quantitative estimate of drug-likeness (QED) is 0.885. The van der Waals surface area contributed by atoms with Crippen LogP contribution in [0.25, 0.3) is 0 Å². The molecule has 5 nitrogen and oxygen atoms in total. The summed E-state index contributed by atoms with van der Waals surface area (Å²) in [7, 11) is 4.76. The lowest BCUT2D eigenvalue weighted by atomic mass is 10.2. The highest BCUT2D eigenvalue weighted by atomic mass is 16.5. The van der Waals surface area contributed by atoms with E-state index < -0.39 is 0 Å². The first-order valence-electron chi connectivity index (χ1n) is 6.49. The molecule has 0 bridgehead atoms. The van der Waals surface area contributed by atoms with Crippen LogP contribution in [0.3, 0.4) is 0 Å². The van der Waals surface area contributed by atoms with Crippen molar-refractivity contribution in [3.05, 3.63) is 42.0 Å². The first-order chi connectivity index (χ1) is 10.2. The van der Waals surface area contributed by atoms with Crippen molar-refractivity contribution in [2.24, 2.45) is 5.73 Å². The van der Waals surface area contributed by atoms with Crippen LogP contribution in [0.5, 0.6) is 28.7 Å². The van der Waals surface area contributed by atoms with E-state index in [-0.39, 0.29) is 0 Å². The van der Waals surface area contributed by atoms with Crippen LogP contribution in [-0.2, 0) is 6.54 Å². The molecule has 2 N–H and O–H groups in total. The monoisotopic (exact) mass is 289 g/mol. The minimum atomic E-state index is 0.358. The van der Waals surface area contributed by atoms with Crippen LogP contribution >= 0.6 is 0 Å². The number of para-hydroxylation sites is 1. The van der Waals surface area contributed by atoms with Gasteiger partial charge in [-0.15, -0.1) is 0 Å². The number of hydrogen-bond donors (Lipinski definition) is 1. The number of nitrogens with two attached hydrogens (primary N) is 1. The average molecular weight is 289 g/mol. The molecule has 2 rings (SSSR count). The first-order valence-corrected chi connectivity index (χ1v) is 6.49. The van der Waals surface area contributed by atoms with Gasteiger partial charge in [-0.25, -0.2) is 0 Å². The normalized spacial score (nSPS) is 10.1. The molecule has 0 aromatic heterocycles. The van der Waals surface area contributed by atoms with Gasteiger partial charge in [0.15, 0.2) is 11.5 Å². The van der Waals surface area contributed by atoms with E-state index in [0.29, 0.717) is 35.3 Å². The van der Waals surface area contributed by atoms with Crippen LogP contribution in [-0.4, -0.2) is 21.3 Å². The highest BCUT2D eigenvalue weighted by Gasteiger charge is 2.14. The SMILES string of the molecule is COc1ccc(CN)c(Oc2c(OC)cccc2OC)c1. The smallest absolute Gasteiger partial charge is 0.211 e. The number of ether oxygens (including phenoxy) is 4. The summed E-state index contributed by atoms with van der Waals surface area (Å²) in [4.78, 5) is 0. The van der Waals surface area contributed by atoms with Crippen molar-refractivity contribution in [2.75, 3.05) is 21.3 Å². The topological polar surface area (TPSA) is 62.9 Å².